The van der Waals surface area contributed by atoms with Crippen LogP contribution < -0.4 is 10.1 Å². The second-order valence-electron chi connectivity index (χ2n) is 8.79. The minimum atomic E-state index is -0.760. The van der Waals surface area contributed by atoms with E-state index in [0.717, 1.165) is 18.5 Å². The summed E-state index contributed by atoms with van der Waals surface area (Å²) in [6.07, 6.45) is 2.90. The number of carboxylic acid groups (broad SMARTS) is 1. The van der Waals surface area contributed by atoms with Crippen molar-refractivity contribution in [1.82, 2.24) is 25.3 Å². The van der Waals surface area contributed by atoms with Crippen molar-refractivity contribution < 1.29 is 24.2 Å². The van der Waals surface area contributed by atoms with Crippen molar-refractivity contribution in [2.45, 2.75) is 65.5 Å². The Morgan fingerprint density at radius 3 is 2.79 bits per heavy atom. The van der Waals surface area contributed by atoms with E-state index in [1.807, 2.05) is 32.9 Å². The normalized spacial score (nSPS) is 18.2. The molecule has 1 amide bonds. The predicted octanol–water partition coefficient (Wildman–Crippen LogP) is 3.34. The van der Waals surface area contributed by atoms with E-state index in [1.165, 1.54) is 0 Å². The van der Waals surface area contributed by atoms with E-state index < -0.39 is 12.1 Å². The number of hydrogen-bond acceptors (Lipinski definition) is 7. The maximum Gasteiger partial charge on any atom is 0.407 e. The summed E-state index contributed by atoms with van der Waals surface area (Å²) >= 11 is 0. The highest BCUT2D eigenvalue weighted by Crippen LogP contribution is 2.31. The summed E-state index contributed by atoms with van der Waals surface area (Å²) in [5.74, 6) is -0.198. The van der Waals surface area contributed by atoms with Crippen LogP contribution in [-0.2, 0) is 29.5 Å². The molecule has 10 heteroatoms. The molecule has 0 unspecified atom stereocenters. The molecule has 0 radical (unpaired) electrons. The van der Waals surface area contributed by atoms with E-state index in [4.69, 9.17) is 14.5 Å². The molecule has 2 heterocycles. The number of aryl methyl sites for hydroxylation is 2. The van der Waals surface area contributed by atoms with Crippen LogP contribution in [0.4, 0.5) is 4.79 Å². The lowest BCUT2D eigenvalue weighted by atomic mass is 9.87. The number of hydrogen-bond donors (Lipinski definition) is 2. The third-order valence-electron chi connectivity index (χ3n) is 5.67. The molecule has 0 bridgehead atoms. The number of ether oxygens (including phenoxy) is 2. The first kappa shape index (κ1) is 24.5. The fourth-order valence-corrected chi connectivity index (χ4v) is 3.86. The van der Waals surface area contributed by atoms with E-state index in [0.29, 0.717) is 48.7 Å². The van der Waals surface area contributed by atoms with Crippen LogP contribution in [0.3, 0.4) is 0 Å². The Labute approximate surface area is 193 Å². The second-order valence-corrected chi connectivity index (χ2v) is 8.79. The zero-order chi connectivity index (χ0) is 24.0. The van der Waals surface area contributed by atoms with Gasteiger partial charge in [0, 0.05) is 7.05 Å². The third kappa shape index (κ3) is 6.43. The van der Waals surface area contributed by atoms with E-state index in [-0.39, 0.29) is 24.5 Å². The summed E-state index contributed by atoms with van der Waals surface area (Å²) in [6, 6.07) is 3.67. The second kappa shape index (κ2) is 11.1. The molecule has 0 saturated heterocycles. The molecule has 2 aromatic heterocycles. The summed E-state index contributed by atoms with van der Waals surface area (Å²) in [5, 5.41) is 20.4. The van der Waals surface area contributed by atoms with Crippen molar-refractivity contribution in [3.63, 3.8) is 0 Å². The highest BCUT2D eigenvalue weighted by Gasteiger charge is 2.28. The van der Waals surface area contributed by atoms with Gasteiger partial charge in [0.05, 0.1) is 42.3 Å². The maximum atomic E-state index is 11.9. The number of rotatable bonds is 9. The Morgan fingerprint density at radius 1 is 1.30 bits per heavy atom. The lowest BCUT2D eigenvalue weighted by molar-refractivity contribution is -0.143. The Morgan fingerprint density at radius 2 is 2.09 bits per heavy atom. The standard InChI is InChI=1S/C23H33N5O5/c1-5-17-20(33-16-8-6-7-15(11-16)22(29)30)10-9-18(25-17)21-19(28(4)27-26-21)12-24-23(31)32-13-14(2)3/h9-10,14-16H,5-8,11-13H2,1-4H3,(H,24,31)(H,29,30)/t15-,16-/m0/s1. The molecule has 0 spiro atoms. The van der Waals surface area contributed by atoms with Gasteiger partial charge in [-0.05, 0) is 50.2 Å². The number of carbonyl (C=O) groups is 2. The van der Waals surface area contributed by atoms with E-state index >= 15 is 0 Å². The van der Waals surface area contributed by atoms with Gasteiger partial charge in [0.15, 0.2) is 0 Å². The molecule has 1 aliphatic carbocycles. The first-order valence-electron chi connectivity index (χ1n) is 11.5. The summed E-state index contributed by atoms with van der Waals surface area (Å²) in [7, 11) is 1.76. The molecule has 3 rings (SSSR count). The molecule has 1 fully saturated rings. The highest BCUT2D eigenvalue weighted by molar-refractivity contribution is 5.70. The van der Waals surface area contributed by atoms with Crippen molar-refractivity contribution >= 4 is 12.1 Å². The van der Waals surface area contributed by atoms with Crippen molar-refractivity contribution in [3.8, 4) is 17.1 Å². The molecule has 33 heavy (non-hydrogen) atoms. The van der Waals surface area contributed by atoms with Crippen LogP contribution in [0.5, 0.6) is 5.75 Å². The van der Waals surface area contributed by atoms with Crippen LogP contribution in [0.2, 0.25) is 0 Å². The summed E-state index contributed by atoms with van der Waals surface area (Å²) in [5.41, 5.74) is 2.68. The van der Waals surface area contributed by atoms with Crippen molar-refractivity contribution in [3.05, 3.63) is 23.5 Å². The van der Waals surface area contributed by atoms with Crippen LogP contribution >= 0.6 is 0 Å². The Hall–Kier alpha value is -3.17. The van der Waals surface area contributed by atoms with Gasteiger partial charge in [-0.3, -0.25) is 4.79 Å². The zero-order valence-corrected chi connectivity index (χ0v) is 19.7. The maximum absolute atomic E-state index is 11.9. The third-order valence-corrected chi connectivity index (χ3v) is 5.67. The fourth-order valence-electron chi connectivity index (χ4n) is 3.86. The van der Waals surface area contributed by atoms with Crippen LogP contribution in [-0.4, -0.2) is 49.9 Å². The number of nitrogens with zero attached hydrogens (tertiary/aromatic N) is 4. The van der Waals surface area contributed by atoms with E-state index in [9.17, 15) is 14.7 Å². The highest BCUT2D eigenvalue weighted by atomic mass is 16.5. The Balaban J connectivity index is 1.73. The average Bonchev–Trinajstić information content (AvgIpc) is 3.16. The van der Waals surface area contributed by atoms with E-state index in [1.54, 1.807) is 11.7 Å². The van der Waals surface area contributed by atoms with Crippen molar-refractivity contribution in [2.24, 2.45) is 18.9 Å². The first-order valence-corrected chi connectivity index (χ1v) is 11.5. The molecular weight excluding hydrogens is 426 g/mol. The first-order chi connectivity index (χ1) is 15.8. The number of amides is 1. The molecular formula is C23H33N5O5. The quantitative estimate of drug-likeness (QED) is 0.584. The van der Waals surface area contributed by atoms with Crippen LogP contribution in [0.1, 0.15) is 57.8 Å². The van der Waals surface area contributed by atoms with Gasteiger partial charge in [0.25, 0.3) is 0 Å². The fraction of sp³-hybridized carbons (Fsp3) is 0.609. The van der Waals surface area contributed by atoms with Gasteiger partial charge in [0.2, 0.25) is 0 Å². The largest absolute Gasteiger partial charge is 0.488 e. The predicted molar refractivity (Wildman–Crippen MR) is 121 cm³/mol. The molecule has 180 valence electrons. The lowest BCUT2D eigenvalue weighted by Crippen LogP contribution is -2.29. The molecule has 0 aliphatic heterocycles. The molecule has 2 N–H and O–H groups in total. The SMILES string of the molecule is CCc1nc(-c2nnn(C)c2CNC(=O)OCC(C)C)ccc1O[C@H]1CCC[C@H](C(=O)O)C1. The van der Waals surface area contributed by atoms with Gasteiger partial charge < -0.3 is 19.9 Å². The number of aromatic nitrogens is 4. The van der Waals surface area contributed by atoms with Gasteiger partial charge in [-0.2, -0.15) is 0 Å². The summed E-state index contributed by atoms with van der Waals surface area (Å²) in [4.78, 5) is 28.0. The van der Waals surface area contributed by atoms with Gasteiger partial charge in [-0.1, -0.05) is 26.0 Å². The minimum Gasteiger partial charge on any atom is -0.488 e. The number of carbonyl (C=O) groups excluding carboxylic acids is 1. The topological polar surface area (TPSA) is 128 Å². The number of aliphatic carboxylic acids is 1. The molecule has 1 aliphatic rings. The van der Waals surface area contributed by atoms with Crippen LogP contribution in [0.15, 0.2) is 12.1 Å². The Bertz CT molecular complexity index is 974. The number of pyridine rings is 1. The molecule has 2 atom stereocenters. The summed E-state index contributed by atoms with van der Waals surface area (Å²) < 4.78 is 12.9. The summed E-state index contributed by atoms with van der Waals surface area (Å²) in [6.45, 7) is 6.48. The van der Waals surface area contributed by atoms with E-state index in [2.05, 4.69) is 15.6 Å². The molecule has 1 saturated carbocycles. The lowest BCUT2D eigenvalue weighted by Gasteiger charge is -2.28. The number of alkyl carbamates (subject to hydrolysis) is 1. The zero-order valence-electron chi connectivity index (χ0n) is 19.7. The van der Waals surface area contributed by atoms with Crippen molar-refractivity contribution in [1.29, 1.82) is 0 Å². The molecule has 10 nitrogen and oxygen atoms in total. The monoisotopic (exact) mass is 459 g/mol. The number of carboxylic acids is 1. The minimum absolute atomic E-state index is 0.133. The Kier molecular flexibility index (Phi) is 8.24. The smallest absolute Gasteiger partial charge is 0.407 e. The molecule has 2 aromatic rings. The van der Waals surface area contributed by atoms with Gasteiger partial charge in [0.1, 0.15) is 11.4 Å². The van der Waals surface area contributed by atoms with Gasteiger partial charge in [-0.15, -0.1) is 5.10 Å². The van der Waals surface area contributed by atoms with Crippen LogP contribution in [0, 0.1) is 11.8 Å². The van der Waals surface area contributed by atoms with Gasteiger partial charge in [-0.25, -0.2) is 14.5 Å². The average molecular weight is 460 g/mol. The van der Waals surface area contributed by atoms with Crippen LogP contribution in [0.25, 0.3) is 11.4 Å². The van der Waals surface area contributed by atoms with Crippen molar-refractivity contribution in [2.75, 3.05) is 6.61 Å². The number of nitrogens with one attached hydrogen (secondary N) is 1. The van der Waals surface area contributed by atoms with Gasteiger partial charge >= 0.3 is 12.1 Å². The molecule has 0 aromatic carbocycles.